The van der Waals surface area contributed by atoms with Crippen molar-refractivity contribution < 1.29 is 16.7 Å². The molecule has 27 heavy (non-hydrogen) atoms. The Morgan fingerprint density at radius 1 is 0.630 bits per heavy atom. The molecule has 0 heterocycles. The average Bonchev–Trinajstić information content (AvgIpc) is 2.69. The predicted octanol–water partition coefficient (Wildman–Crippen LogP) is 6.33. The molecular formula is C19H18O4S4. The first-order valence-electron chi connectivity index (χ1n) is 7.95. The molecule has 0 aliphatic carbocycles. The van der Waals surface area contributed by atoms with Crippen LogP contribution in [0.25, 0.3) is 21.9 Å². The molecule has 0 radical (unpaired) electrons. The second-order valence-corrected chi connectivity index (χ2v) is 6.82. The molecular weight excluding hydrogens is 420 g/mol. The summed E-state index contributed by atoms with van der Waals surface area (Å²) in [6.45, 7) is 5.87. The summed E-state index contributed by atoms with van der Waals surface area (Å²) in [4.78, 5) is 0. The van der Waals surface area contributed by atoms with Crippen molar-refractivity contribution in [2.75, 3.05) is 0 Å². The molecule has 0 unspecified atom stereocenters. The lowest BCUT2D eigenvalue weighted by atomic mass is 9.89. The molecule has 0 aliphatic rings. The van der Waals surface area contributed by atoms with E-state index in [2.05, 4.69) is 51.6 Å². The van der Waals surface area contributed by atoms with Gasteiger partial charge in [0.05, 0.1) is 0 Å². The topological polar surface area (TPSA) is 36.9 Å². The van der Waals surface area contributed by atoms with E-state index in [0.29, 0.717) is 23.0 Å². The van der Waals surface area contributed by atoms with Crippen LogP contribution in [0.15, 0.2) is 30.3 Å². The van der Waals surface area contributed by atoms with Crippen LogP contribution in [0.5, 0.6) is 23.0 Å². The van der Waals surface area contributed by atoms with Gasteiger partial charge in [-0.3, -0.25) is 0 Å². The Bertz CT molecular complexity index is 1020. The van der Waals surface area contributed by atoms with E-state index in [9.17, 15) is 0 Å². The van der Waals surface area contributed by atoms with Gasteiger partial charge in [0.1, 0.15) is 23.0 Å². The average molecular weight is 439 g/mol. The summed E-state index contributed by atoms with van der Waals surface area (Å²) in [6, 6.07) is 9.37. The number of fused-ring (bicyclic) bond motifs is 1. The zero-order valence-electron chi connectivity index (χ0n) is 14.8. The molecule has 8 heteroatoms. The van der Waals surface area contributed by atoms with E-state index in [0.717, 1.165) is 38.6 Å². The van der Waals surface area contributed by atoms with E-state index in [1.54, 1.807) is 6.07 Å². The molecule has 3 rings (SSSR count). The number of benzene rings is 3. The third-order valence-corrected chi connectivity index (χ3v) is 5.56. The van der Waals surface area contributed by atoms with Crippen molar-refractivity contribution >= 4 is 62.4 Å². The van der Waals surface area contributed by atoms with Gasteiger partial charge in [0, 0.05) is 68.2 Å². The summed E-state index contributed by atoms with van der Waals surface area (Å²) < 4.78 is 21.2. The summed E-state index contributed by atoms with van der Waals surface area (Å²) >= 11 is 16.0. The number of rotatable bonds is 5. The monoisotopic (exact) mass is 438 g/mol. The summed E-state index contributed by atoms with van der Waals surface area (Å²) in [5, 5.41) is 1.75. The van der Waals surface area contributed by atoms with Crippen LogP contribution >= 0.6 is 51.6 Å². The second kappa shape index (κ2) is 8.26. The van der Waals surface area contributed by atoms with Crippen molar-refractivity contribution in [1.82, 2.24) is 0 Å². The standard InChI is InChI=1S/C19H18O4S4/c1-9-10(2)19(23-27)17(11(3)18(9)22-26)14-6-7-16(21-25)13-5-4-12(20-24)8-15(13)14/h4-8,24-27H,1-3H3. The smallest absolute Gasteiger partial charge is 0.148 e. The van der Waals surface area contributed by atoms with Crippen LogP contribution in [0.1, 0.15) is 16.7 Å². The van der Waals surface area contributed by atoms with E-state index < -0.39 is 0 Å². The largest absolute Gasteiger partial charge is 0.429 e. The lowest BCUT2D eigenvalue weighted by Gasteiger charge is -2.21. The van der Waals surface area contributed by atoms with Crippen molar-refractivity contribution in [2.45, 2.75) is 20.8 Å². The van der Waals surface area contributed by atoms with Gasteiger partial charge in [-0.1, -0.05) is 0 Å². The highest BCUT2D eigenvalue weighted by Crippen LogP contribution is 2.47. The Morgan fingerprint density at radius 2 is 1.30 bits per heavy atom. The highest BCUT2D eigenvalue weighted by molar-refractivity contribution is 7.75. The van der Waals surface area contributed by atoms with E-state index in [-0.39, 0.29) is 0 Å². The molecule has 4 nitrogen and oxygen atoms in total. The Labute approximate surface area is 180 Å². The summed E-state index contributed by atoms with van der Waals surface area (Å²) in [5.41, 5.74) is 4.50. The molecule has 0 saturated carbocycles. The summed E-state index contributed by atoms with van der Waals surface area (Å²) in [5.74, 6) is 2.57. The Kier molecular flexibility index (Phi) is 6.20. The van der Waals surface area contributed by atoms with Gasteiger partial charge in [-0.25, -0.2) is 0 Å². The van der Waals surface area contributed by atoms with Gasteiger partial charge in [0.25, 0.3) is 0 Å². The predicted molar refractivity (Wildman–Crippen MR) is 122 cm³/mol. The maximum absolute atomic E-state index is 5.48. The lowest BCUT2D eigenvalue weighted by molar-refractivity contribution is 0.625. The number of thiol groups is 4. The van der Waals surface area contributed by atoms with Crippen LogP contribution in [0.4, 0.5) is 0 Å². The minimum atomic E-state index is 0.601. The molecule has 3 aromatic rings. The van der Waals surface area contributed by atoms with Crippen LogP contribution < -0.4 is 16.7 Å². The first-order chi connectivity index (χ1) is 13.0. The SMILES string of the molecule is Cc1c(C)c(OS)c(-c2ccc(OS)c3ccc(OS)cc23)c(C)c1OS. The van der Waals surface area contributed by atoms with Gasteiger partial charge < -0.3 is 16.7 Å². The minimum absolute atomic E-state index is 0.601. The highest BCUT2D eigenvalue weighted by Gasteiger charge is 2.23. The molecule has 0 saturated heterocycles. The molecule has 0 atom stereocenters. The molecule has 0 aromatic heterocycles. The fourth-order valence-corrected chi connectivity index (χ4v) is 4.10. The quantitative estimate of drug-likeness (QED) is 0.277. The van der Waals surface area contributed by atoms with Crippen molar-refractivity contribution in [2.24, 2.45) is 0 Å². The Hall–Kier alpha value is -1.48. The molecule has 142 valence electrons. The van der Waals surface area contributed by atoms with Crippen molar-refractivity contribution in [3.63, 3.8) is 0 Å². The minimum Gasteiger partial charge on any atom is -0.429 e. The molecule has 3 aromatic carbocycles. The normalized spacial score (nSPS) is 10.8. The molecule has 0 bridgehead atoms. The van der Waals surface area contributed by atoms with Crippen LogP contribution in [0.2, 0.25) is 0 Å². The molecule has 0 spiro atoms. The second-order valence-electron chi connectivity index (χ2n) is 6.09. The van der Waals surface area contributed by atoms with E-state index >= 15 is 0 Å². The highest BCUT2D eigenvalue weighted by atomic mass is 32.1. The van der Waals surface area contributed by atoms with Gasteiger partial charge in [0.15, 0.2) is 0 Å². The third-order valence-electron chi connectivity index (χ3n) is 4.79. The van der Waals surface area contributed by atoms with Crippen LogP contribution in [0, 0.1) is 20.8 Å². The van der Waals surface area contributed by atoms with Crippen LogP contribution in [0.3, 0.4) is 0 Å². The van der Waals surface area contributed by atoms with E-state index in [1.807, 2.05) is 45.0 Å². The van der Waals surface area contributed by atoms with E-state index in [4.69, 9.17) is 16.7 Å². The maximum Gasteiger partial charge on any atom is 0.148 e. The van der Waals surface area contributed by atoms with Gasteiger partial charge in [0.2, 0.25) is 0 Å². The van der Waals surface area contributed by atoms with Gasteiger partial charge >= 0.3 is 0 Å². The maximum atomic E-state index is 5.48. The fraction of sp³-hybridized carbons (Fsp3) is 0.158. The molecule has 0 fully saturated rings. The Balaban J connectivity index is 2.47. The van der Waals surface area contributed by atoms with Crippen LogP contribution in [-0.4, -0.2) is 0 Å². The molecule has 0 aliphatic heterocycles. The van der Waals surface area contributed by atoms with Crippen LogP contribution in [-0.2, 0) is 0 Å². The van der Waals surface area contributed by atoms with Gasteiger partial charge in [-0.15, -0.1) is 0 Å². The summed E-state index contributed by atoms with van der Waals surface area (Å²) in [6.07, 6.45) is 0. The summed E-state index contributed by atoms with van der Waals surface area (Å²) in [7, 11) is 0. The molecule has 0 N–H and O–H groups in total. The first kappa shape index (κ1) is 20.3. The van der Waals surface area contributed by atoms with Gasteiger partial charge in [-0.05, 0) is 73.2 Å². The van der Waals surface area contributed by atoms with E-state index in [1.165, 1.54) is 0 Å². The Morgan fingerprint density at radius 3 is 1.89 bits per heavy atom. The van der Waals surface area contributed by atoms with Crippen molar-refractivity contribution in [1.29, 1.82) is 0 Å². The lowest BCUT2D eigenvalue weighted by Crippen LogP contribution is -1.99. The number of hydrogen-bond acceptors (Lipinski definition) is 8. The zero-order chi connectivity index (χ0) is 19.7. The zero-order valence-corrected chi connectivity index (χ0v) is 18.4. The first-order valence-corrected chi connectivity index (χ1v) is 9.41. The van der Waals surface area contributed by atoms with Crippen molar-refractivity contribution in [3.8, 4) is 34.1 Å². The number of hydrogen-bond donors (Lipinski definition) is 4. The fourth-order valence-electron chi connectivity index (χ4n) is 3.32. The van der Waals surface area contributed by atoms with Crippen molar-refractivity contribution in [3.05, 3.63) is 47.0 Å². The van der Waals surface area contributed by atoms with Gasteiger partial charge in [-0.2, -0.15) is 0 Å². The third kappa shape index (κ3) is 3.40. The molecule has 0 amide bonds.